The van der Waals surface area contributed by atoms with E-state index in [1.165, 1.54) is 17.2 Å². The molecule has 1 N–H and O–H groups in total. The number of nitrogens with one attached hydrogen (secondary N) is 1. The molecule has 0 aromatic heterocycles. The van der Waals surface area contributed by atoms with Gasteiger partial charge in [-0.25, -0.2) is 4.39 Å². The largest absolute Gasteiger partial charge is 0.310 e. The molecule has 112 valence electrons. The number of benzene rings is 2. The first-order chi connectivity index (χ1) is 10.0. The molecule has 0 bridgehead atoms. The smallest absolute Gasteiger partial charge is 0.123 e. The Labute approximate surface area is 134 Å². The number of rotatable bonds is 5. The highest BCUT2D eigenvalue weighted by Crippen LogP contribution is 2.26. The summed E-state index contributed by atoms with van der Waals surface area (Å²) in [6.45, 7) is 7.13. The Hall–Kier alpha value is -1.19. The van der Waals surface area contributed by atoms with Crippen LogP contribution < -0.4 is 5.32 Å². The second kappa shape index (κ2) is 7.19. The Morgan fingerprint density at radius 2 is 1.86 bits per heavy atom. The summed E-state index contributed by atoms with van der Waals surface area (Å²) in [5, 5.41) is 3.52. The topological polar surface area (TPSA) is 12.0 Å². The summed E-state index contributed by atoms with van der Waals surface area (Å²) in [5.41, 5.74) is 4.70. The first-order valence-electron chi connectivity index (χ1n) is 7.25. The van der Waals surface area contributed by atoms with Gasteiger partial charge in [-0.05, 0) is 73.3 Å². The number of likely N-dealkylation sites (N-methyl/N-ethyl adjacent to an activating group) is 1. The highest BCUT2D eigenvalue weighted by atomic mass is 79.9. The number of hydrogen-bond acceptors (Lipinski definition) is 1. The summed E-state index contributed by atoms with van der Waals surface area (Å²) in [5.74, 6) is -0.168. The fourth-order valence-electron chi connectivity index (χ4n) is 2.65. The quantitative estimate of drug-likeness (QED) is 0.791. The van der Waals surface area contributed by atoms with E-state index in [1.54, 1.807) is 6.07 Å². The zero-order valence-electron chi connectivity index (χ0n) is 12.7. The summed E-state index contributed by atoms with van der Waals surface area (Å²) in [4.78, 5) is 0. The average molecular weight is 350 g/mol. The van der Waals surface area contributed by atoms with Crippen LogP contribution in [0.1, 0.15) is 35.2 Å². The summed E-state index contributed by atoms with van der Waals surface area (Å²) in [6.07, 6.45) is 0.792. The standard InChI is InChI=1S/C18H21BrFN/c1-4-21-18(17-8-6-15(19)9-13(17)3)11-14-10-16(20)7-5-12(14)2/h5-10,18,21H,4,11H2,1-3H3. The van der Waals surface area contributed by atoms with Crippen molar-refractivity contribution in [1.29, 1.82) is 0 Å². The summed E-state index contributed by atoms with van der Waals surface area (Å²) in [7, 11) is 0. The van der Waals surface area contributed by atoms with Crippen molar-refractivity contribution < 1.29 is 4.39 Å². The van der Waals surface area contributed by atoms with Crippen LogP contribution in [0.25, 0.3) is 0 Å². The van der Waals surface area contributed by atoms with E-state index < -0.39 is 0 Å². The van der Waals surface area contributed by atoms with Crippen molar-refractivity contribution in [2.45, 2.75) is 33.2 Å². The van der Waals surface area contributed by atoms with Gasteiger partial charge in [0.1, 0.15) is 5.82 Å². The van der Waals surface area contributed by atoms with Crippen LogP contribution >= 0.6 is 15.9 Å². The Morgan fingerprint density at radius 1 is 1.10 bits per heavy atom. The molecule has 0 saturated carbocycles. The van der Waals surface area contributed by atoms with Crippen molar-refractivity contribution in [3.05, 3.63) is 68.9 Å². The van der Waals surface area contributed by atoms with E-state index in [1.807, 2.05) is 13.0 Å². The zero-order valence-corrected chi connectivity index (χ0v) is 14.3. The van der Waals surface area contributed by atoms with Crippen molar-refractivity contribution >= 4 is 15.9 Å². The van der Waals surface area contributed by atoms with Crippen LogP contribution in [0.3, 0.4) is 0 Å². The minimum atomic E-state index is -0.168. The fraction of sp³-hybridized carbons (Fsp3) is 0.333. The van der Waals surface area contributed by atoms with Crippen LogP contribution in [0.15, 0.2) is 40.9 Å². The van der Waals surface area contributed by atoms with Crippen LogP contribution in [0, 0.1) is 19.7 Å². The molecule has 0 heterocycles. The van der Waals surface area contributed by atoms with Crippen molar-refractivity contribution in [2.24, 2.45) is 0 Å². The Balaban J connectivity index is 2.32. The van der Waals surface area contributed by atoms with Crippen molar-refractivity contribution in [1.82, 2.24) is 5.32 Å². The second-order valence-electron chi connectivity index (χ2n) is 5.39. The van der Waals surface area contributed by atoms with Crippen LogP contribution in [-0.2, 0) is 6.42 Å². The highest BCUT2D eigenvalue weighted by Gasteiger charge is 2.15. The normalized spacial score (nSPS) is 12.4. The summed E-state index contributed by atoms with van der Waals surface area (Å²) >= 11 is 3.50. The van der Waals surface area contributed by atoms with Crippen LogP contribution in [0.2, 0.25) is 0 Å². The van der Waals surface area contributed by atoms with Crippen molar-refractivity contribution in [3.8, 4) is 0 Å². The maximum absolute atomic E-state index is 13.5. The molecular formula is C18H21BrFN. The molecule has 2 rings (SSSR count). The molecule has 0 spiro atoms. The molecule has 0 fully saturated rings. The van der Waals surface area contributed by atoms with Crippen LogP contribution in [-0.4, -0.2) is 6.54 Å². The van der Waals surface area contributed by atoms with Gasteiger partial charge in [0.2, 0.25) is 0 Å². The molecule has 1 nitrogen and oxygen atoms in total. The van der Waals surface area contributed by atoms with E-state index >= 15 is 0 Å². The minimum Gasteiger partial charge on any atom is -0.310 e. The molecule has 2 aromatic rings. The van der Waals surface area contributed by atoms with Gasteiger partial charge < -0.3 is 5.32 Å². The molecule has 21 heavy (non-hydrogen) atoms. The molecule has 0 aliphatic carbocycles. The van der Waals surface area contributed by atoms with E-state index in [4.69, 9.17) is 0 Å². The zero-order chi connectivity index (χ0) is 15.4. The van der Waals surface area contributed by atoms with E-state index in [-0.39, 0.29) is 11.9 Å². The maximum Gasteiger partial charge on any atom is 0.123 e. The fourth-order valence-corrected chi connectivity index (χ4v) is 3.12. The molecule has 1 unspecified atom stereocenters. The first kappa shape index (κ1) is 16.2. The lowest BCUT2D eigenvalue weighted by molar-refractivity contribution is 0.543. The van der Waals surface area contributed by atoms with E-state index in [0.29, 0.717) is 0 Å². The van der Waals surface area contributed by atoms with E-state index in [9.17, 15) is 4.39 Å². The summed E-state index contributed by atoms with van der Waals surface area (Å²) in [6, 6.07) is 11.5. The van der Waals surface area contributed by atoms with Gasteiger partial charge in [-0.3, -0.25) is 0 Å². The Kier molecular flexibility index (Phi) is 5.54. The van der Waals surface area contributed by atoms with Gasteiger partial charge in [0.05, 0.1) is 0 Å². The lowest BCUT2D eigenvalue weighted by atomic mass is 9.93. The van der Waals surface area contributed by atoms with Crippen molar-refractivity contribution in [2.75, 3.05) is 6.54 Å². The minimum absolute atomic E-state index is 0.168. The number of halogens is 2. The second-order valence-corrected chi connectivity index (χ2v) is 6.30. The highest BCUT2D eigenvalue weighted by molar-refractivity contribution is 9.10. The van der Waals surface area contributed by atoms with E-state index in [0.717, 1.165) is 28.6 Å². The molecule has 1 atom stereocenters. The molecule has 3 heteroatoms. The Morgan fingerprint density at radius 3 is 2.52 bits per heavy atom. The van der Waals surface area contributed by atoms with Gasteiger partial charge in [-0.1, -0.05) is 35.0 Å². The third kappa shape index (κ3) is 4.14. The van der Waals surface area contributed by atoms with Crippen LogP contribution in [0.4, 0.5) is 4.39 Å². The van der Waals surface area contributed by atoms with Gasteiger partial charge in [0.25, 0.3) is 0 Å². The lowest BCUT2D eigenvalue weighted by Gasteiger charge is -2.22. The van der Waals surface area contributed by atoms with E-state index in [2.05, 4.69) is 53.3 Å². The number of hydrogen-bond donors (Lipinski definition) is 1. The first-order valence-corrected chi connectivity index (χ1v) is 8.05. The predicted molar refractivity (Wildman–Crippen MR) is 90.1 cm³/mol. The average Bonchev–Trinajstić information content (AvgIpc) is 2.42. The molecular weight excluding hydrogens is 329 g/mol. The molecule has 2 aromatic carbocycles. The third-order valence-electron chi connectivity index (χ3n) is 3.79. The molecule has 0 aliphatic rings. The van der Waals surface area contributed by atoms with Crippen molar-refractivity contribution in [3.63, 3.8) is 0 Å². The van der Waals surface area contributed by atoms with Crippen LogP contribution in [0.5, 0.6) is 0 Å². The van der Waals surface area contributed by atoms with Gasteiger partial charge in [0, 0.05) is 10.5 Å². The van der Waals surface area contributed by atoms with Gasteiger partial charge in [-0.15, -0.1) is 0 Å². The van der Waals surface area contributed by atoms with Gasteiger partial charge >= 0.3 is 0 Å². The molecule has 0 aliphatic heterocycles. The van der Waals surface area contributed by atoms with Gasteiger partial charge in [-0.2, -0.15) is 0 Å². The molecule has 0 saturated heterocycles. The lowest BCUT2D eigenvalue weighted by Crippen LogP contribution is -2.24. The predicted octanol–water partition coefficient (Wildman–Crippen LogP) is 5.10. The summed E-state index contributed by atoms with van der Waals surface area (Å²) < 4.78 is 14.6. The molecule has 0 amide bonds. The Bertz CT molecular complexity index is 625. The molecule has 0 radical (unpaired) electrons. The maximum atomic E-state index is 13.5. The van der Waals surface area contributed by atoms with Gasteiger partial charge in [0.15, 0.2) is 0 Å². The third-order valence-corrected chi connectivity index (χ3v) is 4.29. The monoisotopic (exact) mass is 349 g/mol. The SMILES string of the molecule is CCNC(Cc1cc(F)ccc1C)c1ccc(Br)cc1C. The number of aryl methyl sites for hydroxylation is 2.